The Kier molecular flexibility index (Phi) is 6.22. The van der Waals surface area contributed by atoms with Gasteiger partial charge in [0.05, 0.1) is 6.61 Å². The van der Waals surface area contributed by atoms with Crippen molar-refractivity contribution < 1.29 is 14.6 Å². The van der Waals surface area contributed by atoms with E-state index in [1.165, 1.54) is 0 Å². The Labute approximate surface area is 123 Å². The summed E-state index contributed by atoms with van der Waals surface area (Å²) in [6, 6.07) is 6.05. The lowest BCUT2D eigenvalue weighted by atomic mass is 9.99. The van der Waals surface area contributed by atoms with Gasteiger partial charge in [0.2, 0.25) is 0 Å². The molecule has 0 aliphatic heterocycles. The number of aliphatic hydroxyl groups excluding tert-OH is 1. The van der Waals surface area contributed by atoms with Gasteiger partial charge in [-0.1, -0.05) is 48.0 Å². The second kappa shape index (κ2) is 7.43. The molecule has 1 rings (SSSR count). The van der Waals surface area contributed by atoms with Gasteiger partial charge in [0, 0.05) is 17.8 Å². The lowest BCUT2D eigenvalue weighted by Gasteiger charge is -2.17. The molecule has 0 radical (unpaired) electrons. The standard InChI is InChI=1S/C15H21BrO3/c1-5-18-15(17)11(4)19-14-12(9-16)7-6-8-13(14)10(2)3/h6-8,10,17H,5,9H2,1-4H3/b15-11+. The Morgan fingerprint density at radius 3 is 2.58 bits per heavy atom. The molecule has 0 spiro atoms. The van der Waals surface area contributed by atoms with E-state index < -0.39 is 0 Å². The van der Waals surface area contributed by atoms with Crippen molar-refractivity contribution in [3.05, 3.63) is 41.0 Å². The minimum absolute atomic E-state index is 0.165. The molecular formula is C15H21BrO3. The largest absolute Gasteiger partial charge is 0.479 e. The molecule has 0 heterocycles. The summed E-state index contributed by atoms with van der Waals surface area (Å²) in [5, 5.41) is 10.4. The highest BCUT2D eigenvalue weighted by atomic mass is 79.9. The van der Waals surface area contributed by atoms with Crippen molar-refractivity contribution >= 4 is 15.9 Å². The van der Waals surface area contributed by atoms with E-state index in [-0.39, 0.29) is 5.95 Å². The molecule has 0 aliphatic carbocycles. The molecule has 106 valence electrons. The topological polar surface area (TPSA) is 38.7 Å². The predicted molar refractivity (Wildman–Crippen MR) is 80.7 cm³/mol. The zero-order chi connectivity index (χ0) is 14.4. The number of ether oxygens (including phenoxy) is 2. The number of halogens is 1. The second-order valence-corrected chi connectivity index (χ2v) is 5.08. The van der Waals surface area contributed by atoms with Crippen LogP contribution in [0.2, 0.25) is 0 Å². The fourth-order valence-corrected chi connectivity index (χ4v) is 2.17. The van der Waals surface area contributed by atoms with Gasteiger partial charge in [0.25, 0.3) is 0 Å². The van der Waals surface area contributed by atoms with E-state index in [2.05, 4.69) is 29.8 Å². The number of rotatable bonds is 6. The molecule has 0 atom stereocenters. The first kappa shape index (κ1) is 15.9. The number of para-hydroxylation sites is 1. The molecule has 1 aromatic carbocycles. The van der Waals surface area contributed by atoms with Gasteiger partial charge in [-0.25, -0.2) is 0 Å². The zero-order valence-corrected chi connectivity index (χ0v) is 13.5. The van der Waals surface area contributed by atoms with Crippen LogP contribution in [0.15, 0.2) is 29.9 Å². The quantitative estimate of drug-likeness (QED) is 0.598. The van der Waals surface area contributed by atoms with Crippen molar-refractivity contribution in [3.63, 3.8) is 0 Å². The summed E-state index contributed by atoms with van der Waals surface area (Å²) < 4.78 is 10.9. The van der Waals surface area contributed by atoms with Crippen molar-refractivity contribution in [2.45, 2.75) is 38.9 Å². The maximum Gasteiger partial charge on any atom is 0.316 e. The first-order chi connectivity index (χ1) is 9.01. The summed E-state index contributed by atoms with van der Waals surface area (Å²) in [5.74, 6) is 1.34. The van der Waals surface area contributed by atoms with E-state index in [0.717, 1.165) is 16.9 Å². The predicted octanol–water partition coefficient (Wildman–Crippen LogP) is 4.87. The van der Waals surface area contributed by atoms with E-state index >= 15 is 0 Å². The molecule has 0 amide bonds. The van der Waals surface area contributed by atoms with Crippen LogP contribution in [0.4, 0.5) is 0 Å². The third kappa shape index (κ3) is 4.16. The maximum absolute atomic E-state index is 9.69. The zero-order valence-electron chi connectivity index (χ0n) is 11.9. The Morgan fingerprint density at radius 1 is 1.37 bits per heavy atom. The number of benzene rings is 1. The van der Waals surface area contributed by atoms with Crippen LogP contribution < -0.4 is 4.74 Å². The second-order valence-electron chi connectivity index (χ2n) is 4.52. The monoisotopic (exact) mass is 328 g/mol. The van der Waals surface area contributed by atoms with Crippen LogP contribution in [0, 0.1) is 0 Å². The summed E-state index contributed by atoms with van der Waals surface area (Å²) in [6.07, 6.45) is 0. The fourth-order valence-electron chi connectivity index (χ4n) is 1.72. The highest BCUT2D eigenvalue weighted by molar-refractivity contribution is 9.08. The van der Waals surface area contributed by atoms with Crippen LogP contribution in [0.3, 0.4) is 0 Å². The van der Waals surface area contributed by atoms with Gasteiger partial charge in [-0.2, -0.15) is 0 Å². The van der Waals surface area contributed by atoms with Crippen molar-refractivity contribution in [2.24, 2.45) is 0 Å². The third-order valence-corrected chi connectivity index (χ3v) is 3.33. The van der Waals surface area contributed by atoms with Gasteiger partial charge in [0.15, 0.2) is 5.76 Å². The van der Waals surface area contributed by atoms with E-state index in [0.29, 0.717) is 23.6 Å². The van der Waals surface area contributed by atoms with Gasteiger partial charge in [0.1, 0.15) is 5.75 Å². The number of hydrogen-bond acceptors (Lipinski definition) is 3. The first-order valence-electron chi connectivity index (χ1n) is 6.39. The highest BCUT2D eigenvalue weighted by Gasteiger charge is 2.14. The van der Waals surface area contributed by atoms with Crippen LogP contribution in [0.25, 0.3) is 0 Å². The van der Waals surface area contributed by atoms with Gasteiger partial charge in [-0.3, -0.25) is 0 Å². The van der Waals surface area contributed by atoms with Crippen LogP contribution in [0.1, 0.15) is 44.7 Å². The summed E-state index contributed by atoms with van der Waals surface area (Å²) in [4.78, 5) is 0. The lowest BCUT2D eigenvalue weighted by Crippen LogP contribution is -2.04. The molecule has 19 heavy (non-hydrogen) atoms. The summed E-state index contributed by atoms with van der Waals surface area (Å²) in [5.41, 5.74) is 2.16. The van der Waals surface area contributed by atoms with E-state index in [1.54, 1.807) is 6.92 Å². The molecule has 0 saturated heterocycles. The van der Waals surface area contributed by atoms with Crippen molar-refractivity contribution in [3.8, 4) is 5.75 Å². The maximum atomic E-state index is 9.69. The molecule has 0 fully saturated rings. The van der Waals surface area contributed by atoms with Gasteiger partial charge >= 0.3 is 5.95 Å². The molecule has 4 heteroatoms. The molecule has 1 aromatic rings. The van der Waals surface area contributed by atoms with Crippen molar-refractivity contribution in [1.29, 1.82) is 0 Å². The summed E-state index contributed by atoms with van der Waals surface area (Å²) in [6.45, 7) is 8.14. The minimum atomic E-state index is -0.165. The molecular weight excluding hydrogens is 308 g/mol. The highest BCUT2D eigenvalue weighted by Crippen LogP contribution is 2.33. The average molecular weight is 329 g/mol. The molecule has 3 nitrogen and oxygen atoms in total. The number of aliphatic hydroxyl groups is 1. The third-order valence-electron chi connectivity index (χ3n) is 2.73. The molecule has 1 N–H and O–H groups in total. The van der Waals surface area contributed by atoms with Crippen LogP contribution in [0.5, 0.6) is 5.75 Å². The fraction of sp³-hybridized carbons (Fsp3) is 0.467. The minimum Gasteiger partial charge on any atom is -0.479 e. The van der Waals surface area contributed by atoms with Gasteiger partial charge < -0.3 is 14.6 Å². The average Bonchev–Trinajstić information content (AvgIpc) is 2.38. The van der Waals surface area contributed by atoms with Crippen LogP contribution in [-0.2, 0) is 10.1 Å². The Bertz CT molecular complexity index is 453. The molecule has 0 unspecified atom stereocenters. The normalized spacial score (nSPS) is 12.3. The summed E-state index contributed by atoms with van der Waals surface area (Å²) in [7, 11) is 0. The van der Waals surface area contributed by atoms with Crippen LogP contribution in [-0.4, -0.2) is 11.7 Å². The molecule has 0 saturated carbocycles. The van der Waals surface area contributed by atoms with Crippen molar-refractivity contribution in [2.75, 3.05) is 6.61 Å². The molecule has 0 aliphatic rings. The molecule has 0 bridgehead atoms. The number of hydrogen-bond donors (Lipinski definition) is 1. The van der Waals surface area contributed by atoms with Gasteiger partial charge in [-0.05, 0) is 18.4 Å². The Morgan fingerprint density at radius 2 is 2.05 bits per heavy atom. The van der Waals surface area contributed by atoms with Crippen LogP contribution >= 0.6 is 15.9 Å². The van der Waals surface area contributed by atoms with E-state index in [1.807, 2.05) is 25.1 Å². The van der Waals surface area contributed by atoms with Crippen molar-refractivity contribution in [1.82, 2.24) is 0 Å². The Hall–Kier alpha value is -1.16. The summed E-state index contributed by atoms with van der Waals surface area (Å²) >= 11 is 3.46. The smallest absolute Gasteiger partial charge is 0.316 e. The first-order valence-corrected chi connectivity index (χ1v) is 7.51. The number of allylic oxidation sites excluding steroid dienone is 1. The Balaban J connectivity index is 3.14. The SMILES string of the molecule is CCO/C(O)=C(\C)Oc1c(CBr)cccc1C(C)C. The number of alkyl halides is 1. The van der Waals surface area contributed by atoms with E-state index in [4.69, 9.17) is 9.47 Å². The van der Waals surface area contributed by atoms with E-state index in [9.17, 15) is 5.11 Å². The molecule has 0 aromatic heterocycles. The van der Waals surface area contributed by atoms with Gasteiger partial charge in [-0.15, -0.1) is 0 Å². The lowest BCUT2D eigenvalue weighted by molar-refractivity contribution is 0.0847.